The number of hydrogen-bond donors (Lipinski definition) is 0. The molecule has 0 aliphatic carbocycles. The van der Waals surface area contributed by atoms with Crippen molar-refractivity contribution in [2.24, 2.45) is 5.92 Å². The zero-order chi connectivity index (χ0) is 21.2. The number of amides is 2. The maximum atomic E-state index is 13.1. The van der Waals surface area contributed by atoms with Crippen molar-refractivity contribution < 1.29 is 23.9 Å². The van der Waals surface area contributed by atoms with Gasteiger partial charge in [-0.15, -0.1) is 0 Å². The summed E-state index contributed by atoms with van der Waals surface area (Å²) in [7, 11) is 0. The average molecular weight is 397 g/mol. The Bertz CT molecular complexity index is 925. The van der Waals surface area contributed by atoms with E-state index in [4.69, 9.17) is 9.47 Å². The van der Waals surface area contributed by atoms with Crippen molar-refractivity contribution >= 4 is 28.7 Å². The van der Waals surface area contributed by atoms with Crippen molar-refractivity contribution in [2.75, 3.05) is 6.61 Å². The van der Waals surface area contributed by atoms with E-state index in [1.165, 1.54) is 0 Å². The molecule has 2 atom stereocenters. The van der Waals surface area contributed by atoms with Crippen molar-refractivity contribution in [2.45, 2.75) is 52.2 Å². The summed E-state index contributed by atoms with van der Waals surface area (Å²) >= 11 is 0. The molecule has 2 aromatic rings. The summed E-state index contributed by atoms with van der Waals surface area (Å²) in [6.45, 7) is 7.04. The highest BCUT2D eigenvalue weighted by Gasteiger charge is 2.48. The molecule has 29 heavy (non-hydrogen) atoms. The van der Waals surface area contributed by atoms with Crippen LogP contribution in [0.1, 0.15) is 39.7 Å². The Morgan fingerprint density at radius 2 is 1.79 bits per heavy atom. The first-order valence-corrected chi connectivity index (χ1v) is 9.90. The molecule has 2 aromatic carbocycles. The maximum absolute atomic E-state index is 13.1. The van der Waals surface area contributed by atoms with Crippen molar-refractivity contribution in [3.05, 3.63) is 48.0 Å². The lowest BCUT2D eigenvalue weighted by Gasteiger charge is -2.26. The molecular weight excluding hydrogens is 370 g/mol. The Morgan fingerprint density at radius 1 is 1.10 bits per heavy atom. The molecule has 0 saturated carbocycles. The summed E-state index contributed by atoms with van der Waals surface area (Å²) in [5.74, 6) is -1.47. The highest BCUT2D eigenvalue weighted by atomic mass is 16.6. The SMILES string of the molecule is CCOC(=O)[C@H]1C[C@H](Cc2cccc3ccccc23)C(=O)N1C(=O)OC(C)(C)C. The van der Waals surface area contributed by atoms with Crippen LogP contribution in [0.5, 0.6) is 0 Å². The smallest absolute Gasteiger partial charge is 0.417 e. The lowest BCUT2D eigenvalue weighted by molar-refractivity contribution is -0.151. The zero-order valence-corrected chi connectivity index (χ0v) is 17.3. The van der Waals surface area contributed by atoms with Crippen LogP contribution in [0.4, 0.5) is 4.79 Å². The third kappa shape index (κ3) is 4.58. The van der Waals surface area contributed by atoms with Gasteiger partial charge in [0.15, 0.2) is 0 Å². The predicted molar refractivity (Wildman–Crippen MR) is 109 cm³/mol. The minimum absolute atomic E-state index is 0.180. The highest BCUT2D eigenvalue weighted by molar-refractivity contribution is 6.01. The predicted octanol–water partition coefficient (Wildman–Crippen LogP) is 4.10. The zero-order valence-electron chi connectivity index (χ0n) is 17.3. The molecule has 1 aliphatic rings. The number of carbonyl (C=O) groups excluding carboxylic acids is 3. The van der Waals surface area contributed by atoms with E-state index < -0.39 is 35.5 Å². The van der Waals surface area contributed by atoms with Crippen LogP contribution in [0.25, 0.3) is 10.8 Å². The van der Waals surface area contributed by atoms with Gasteiger partial charge >= 0.3 is 12.1 Å². The molecule has 2 amide bonds. The fourth-order valence-electron chi connectivity index (χ4n) is 3.70. The molecule has 0 spiro atoms. The summed E-state index contributed by atoms with van der Waals surface area (Å²) in [6.07, 6.45) is -0.142. The van der Waals surface area contributed by atoms with Gasteiger partial charge in [-0.1, -0.05) is 42.5 Å². The van der Waals surface area contributed by atoms with E-state index in [0.717, 1.165) is 21.2 Å². The van der Waals surface area contributed by atoms with Crippen molar-refractivity contribution in [1.29, 1.82) is 0 Å². The Balaban J connectivity index is 1.89. The molecule has 1 fully saturated rings. The average Bonchev–Trinajstić information content (AvgIpc) is 2.97. The van der Waals surface area contributed by atoms with Crippen molar-refractivity contribution in [1.82, 2.24) is 4.90 Å². The third-order valence-electron chi connectivity index (χ3n) is 4.90. The van der Waals surface area contributed by atoms with E-state index in [1.807, 2.05) is 42.5 Å². The standard InChI is InChI=1S/C23H27NO5/c1-5-28-21(26)19-14-17(20(25)24(19)22(27)29-23(2,3)4)13-16-11-8-10-15-9-6-7-12-18(15)16/h6-12,17,19H,5,13-14H2,1-4H3/t17-,19+/m0/s1. The molecule has 3 rings (SSSR count). The van der Waals surface area contributed by atoms with Gasteiger partial charge in [0.25, 0.3) is 0 Å². The van der Waals surface area contributed by atoms with Crippen LogP contribution < -0.4 is 0 Å². The molecule has 1 saturated heterocycles. The normalized spacial score (nSPS) is 19.4. The van der Waals surface area contributed by atoms with E-state index in [1.54, 1.807) is 27.7 Å². The molecule has 0 unspecified atom stereocenters. The van der Waals surface area contributed by atoms with Crippen LogP contribution in [0.15, 0.2) is 42.5 Å². The number of esters is 1. The van der Waals surface area contributed by atoms with Gasteiger partial charge in [0, 0.05) is 5.92 Å². The van der Waals surface area contributed by atoms with Crippen LogP contribution in [0, 0.1) is 5.92 Å². The van der Waals surface area contributed by atoms with Gasteiger partial charge < -0.3 is 9.47 Å². The fourth-order valence-corrected chi connectivity index (χ4v) is 3.70. The van der Waals surface area contributed by atoms with Gasteiger partial charge in [-0.2, -0.15) is 0 Å². The van der Waals surface area contributed by atoms with E-state index in [9.17, 15) is 14.4 Å². The van der Waals surface area contributed by atoms with Gasteiger partial charge in [-0.25, -0.2) is 14.5 Å². The molecular formula is C23H27NO5. The largest absolute Gasteiger partial charge is 0.464 e. The number of ether oxygens (including phenoxy) is 2. The lowest BCUT2D eigenvalue weighted by Crippen LogP contribution is -2.46. The number of benzene rings is 2. The molecule has 1 aliphatic heterocycles. The van der Waals surface area contributed by atoms with Gasteiger partial charge in [0.05, 0.1) is 6.61 Å². The first-order valence-electron chi connectivity index (χ1n) is 9.90. The molecule has 0 N–H and O–H groups in total. The van der Waals surface area contributed by atoms with Crippen LogP contribution in [-0.2, 0) is 25.5 Å². The van der Waals surface area contributed by atoms with E-state index >= 15 is 0 Å². The summed E-state index contributed by atoms with van der Waals surface area (Å²) in [4.78, 5) is 39.2. The Labute approximate surface area is 170 Å². The fraction of sp³-hybridized carbons (Fsp3) is 0.435. The number of hydrogen-bond acceptors (Lipinski definition) is 5. The highest BCUT2D eigenvalue weighted by Crippen LogP contribution is 2.32. The molecule has 1 heterocycles. The molecule has 154 valence electrons. The topological polar surface area (TPSA) is 72.9 Å². The molecule has 0 radical (unpaired) electrons. The minimum atomic E-state index is -0.961. The number of carbonyl (C=O) groups is 3. The van der Waals surface area contributed by atoms with Crippen LogP contribution in [0.3, 0.4) is 0 Å². The third-order valence-corrected chi connectivity index (χ3v) is 4.90. The quantitative estimate of drug-likeness (QED) is 0.727. The Morgan fingerprint density at radius 3 is 2.48 bits per heavy atom. The second kappa shape index (κ2) is 8.23. The van der Waals surface area contributed by atoms with E-state index in [2.05, 4.69) is 0 Å². The minimum Gasteiger partial charge on any atom is -0.464 e. The Kier molecular flexibility index (Phi) is 5.91. The second-order valence-corrected chi connectivity index (χ2v) is 8.23. The first kappa shape index (κ1) is 20.8. The number of nitrogens with zero attached hydrogens (tertiary/aromatic N) is 1. The maximum Gasteiger partial charge on any atom is 0.417 e. The van der Waals surface area contributed by atoms with Crippen LogP contribution in [-0.4, -0.2) is 41.1 Å². The van der Waals surface area contributed by atoms with Gasteiger partial charge in [0.2, 0.25) is 5.91 Å². The van der Waals surface area contributed by atoms with E-state index in [-0.39, 0.29) is 13.0 Å². The Hall–Kier alpha value is -2.89. The van der Waals surface area contributed by atoms with Crippen LogP contribution in [0.2, 0.25) is 0 Å². The summed E-state index contributed by atoms with van der Waals surface area (Å²) < 4.78 is 10.5. The summed E-state index contributed by atoms with van der Waals surface area (Å²) in [5, 5.41) is 2.15. The number of likely N-dealkylation sites (tertiary alicyclic amines) is 1. The van der Waals surface area contributed by atoms with Crippen molar-refractivity contribution in [3.63, 3.8) is 0 Å². The van der Waals surface area contributed by atoms with Crippen molar-refractivity contribution in [3.8, 4) is 0 Å². The van der Waals surface area contributed by atoms with Crippen LogP contribution >= 0.6 is 0 Å². The lowest BCUT2D eigenvalue weighted by atomic mass is 9.93. The summed E-state index contributed by atoms with van der Waals surface area (Å²) in [5.41, 5.74) is 0.236. The van der Waals surface area contributed by atoms with Gasteiger partial charge in [0.1, 0.15) is 11.6 Å². The molecule has 6 heteroatoms. The number of rotatable bonds is 4. The molecule has 6 nitrogen and oxygen atoms in total. The summed E-state index contributed by atoms with van der Waals surface area (Å²) in [6, 6.07) is 12.9. The molecule has 0 bridgehead atoms. The second-order valence-electron chi connectivity index (χ2n) is 8.23. The molecule has 0 aromatic heterocycles. The van der Waals surface area contributed by atoms with Gasteiger partial charge in [-0.05, 0) is 56.9 Å². The van der Waals surface area contributed by atoms with E-state index in [0.29, 0.717) is 6.42 Å². The number of fused-ring (bicyclic) bond motifs is 1. The monoisotopic (exact) mass is 397 g/mol. The van der Waals surface area contributed by atoms with Gasteiger partial charge in [-0.3, -0.25) is 4.79 Å². The first-order chi connectivity index (χ1) is 13.7. The number of imide groups is 1.